The predicted octanol–water partition coefficient (Wildman–Crippen LogP) is 1.95. The molecule has 0 radical (unpaired) electrons. The highest BCUT2D eigenvalue weighted by Gasteiger charge is 2.34. The van der Waals surface area contributed by atoms with Crippen LogP contribution in [0.5, 0.6) is 0 Å². The van der Waals surface area contributed by atoms with E-state index in [-0.39, 0.29) is 17.9 Å². The van der Waals surface area contributed by atoms with E-state index >= 15 is 0 Å². The van der Waals surface area contributed by atoms with Gasteiger partial charge in [0.25, 0.3) is 0 Å². The minimum absolute atomic E-state index is 0.0608. The maximum absolute atomic E-state index is 12.5. The van der Waals surface area contributed by atoms with Crippen molar-refractivity contribution in [3.05, 3.63) is 36.2 Å². The van der Waals surface area contributed by atoms with E-state index in [1.165, 1.54) is 6.08 Å². The molecule has 0 saturated carbocycles. The van der Waals surface area contributed by atoms with Crippen molar-refractivity contribution in [2.45, 2.75) is 32.7 Å². The molecule has 1 saturated heterocycles. The summed E-state index contributed by atoms with van der Waals surface area (Å²) in [6.07, 6.45) is 8.30. The molecular weight excluding hydrogens is 278 g/mol. The molecule has 1 aromatic heterocycles. The van der Waals surface area contributed by atoms with Crippen molar-refractivity contribution in [1.29, 1.82) is 0 Å². The van der Waals surface area contributed by atoms with Crippen molar-refractivity contribution in [1.82, 2.24) is 14.8 Å². The lowest BCUT2D eigenvalue weighted by atomic mass is 10.2. The van der Waals surface area contributed by atoms with E-state index < -0.39 is 0 Å². The Morgan fingerprint density at radius 1 is 1.41 bits per heavy atom. The second-order valence-corrected chi connectivity index (χ2v) is 5.32. The first kappa shape index (κ1) is 16.2. The Bertz CT molecular complexity index is 538. The molecule has 0 aromatic carbocycles. The van der Waals surface area contributed by atoms with Crippen LogP contribution >= 0.6 is 0 Å². The molecule has 2 amide bonds. The van der Waals surface area contributed by atoms with Crippen LogP contribution in [0.3, 0.4) is 0 Å². The Morgan fingerprint density at radius 2 is 2.18 bits per heavy atom. The van der Waals surface area contributed by atoms with Gasteiger partial charge in [-0.05, 0) is 44.4 Å². The molecule has 1 atom stereocenters. The van der Waals surface area contributed by atoms with Gasteiger partial charge in [-0.15, -0.1) is 0 Å². The van der Waals surface area contributed by atoms with E-state index in [1.807, 2.05) is 26.0 Å². The molecule has 0 spiro atoms. The van der Waals surface area contributed by atoms with Gasteiger partial charge in [-0.25, -0.2) is 0 Å². The fraction of sp³-hybridized carbons (Fsp3) is 0.471. The van der Waals surface area contributed by atoms with Gasteiger partial charge in [-0.1, -0.05) is 6.07 Å². The Hall–Kier alpha value is -2.17. The molecule has 1 aliphatic heterocycles. The minimum Gasteiger partial charge on any atom is -0.341 e. The Morgan fingerprint density at radius 3 is 2.82 bits per heavy atom. The summed E-state index contributed by atoms with van der Waals surface area (Å²) in [6.45, 7) is 5.93. The number of carbonyl (C=O) groups excluding carboxylic acids is 2. The number of likely N-dealkylation sites (tertiary alicyclic amines) is 1. The molecule has 1 fully saturated rings. The number of hydrogen-bond donors (Lipinski definition) is 0. The van der Waals surface area contributed by atoms with Gasteiger partial charge in [0, 0.05) is 38.1 Å². The Balaban J connectivity index is 2.05. The molecule has 1 unspecified atom stereocenters. The summed E-state index contributed by atoms with van der Waals surface area (Å²) >= 11 is 0. The number of nitrogens with zero attached hydrogens (tertiary/aromatic N) is 3. The highest BCUT2D eigenvalue weighted by atomic mass is 16.2. The van der Waals surface area contributed by atoms with Crippen molar-refractivity contribution >= 4 is 17.9 Å². The van der Waals surface area contributed by atoms with E-state index in [9.17, 15) is 9.59 Å². The third-order valence-corrected chi connectivity index (χ3v) is 4.00. The SMILES string of the molecule is CCN(CC)C(=O)C1CCCN1C(=O)C=Cc1cccnc1. The van der Waals surface area contributed by atoms with Gasteiger partial charge < -0.3 is 9.80 Å². The topological polar surface area (TPSA) is 53.5 Å². The number of hydrogen-bond acceptors (Lipinski definition) is 3. The van der Waals surface area contributed by atoms with Crippen LogP contribution in [0.25, 0.3) is 6.08 Å². The number of pyridine rings is 1. The lowest BCUT2D eigenvalue weighted by Crippen LogP contribution is -2.47. The summed E-state index contributed by atoms with van der Waals surface area (Å²) < 4.78 is 0. The first-order valence-corrected chi connectivity index (χ1v) is 7.84. The fourth-order valence-electron chi connectivity index (χ4n) is 2.77. The summed E-state index contributed by atoms with van der Waals surface area (Å²) in [5.41, 5.74) is 0.877. The number of aromatic nitrogens is 1. The molecule has 2 heterocycles. The van der Waals surface area contributed by atoms with Crippen LogP contribution in [-0.4, -0.2) is 52.3 Å². The maximum Gasteiger partial charge on any atom is 0.247 e. The van der Waals surface area contributed by atoms with Gasteiger partial charge in [0.2, 0.25) is 11.8 Å². The molecule has 5 nitrogen and oxygen atoms in total. The number of rotatable bonds is 5. The molecule has 1 aromatic rings. The van der Waals surface area contributed by atoms with Crippen molar-refractivity contribution in [3.8, 4) is 0 Å². The van der Waals surface area contributed by atoms with Crippen LogP contribution in [0.1, 0.15) is 32.3 Å². The van der Waals surface area contributed by atoms with Gasteiger partial charge in [-0.2, -0.15) is 0 Å². The summed E-state index contributed by atoms with van der Waals surface area (Å²) in [5, 5.41) is 0. The zero-order valence-electron chi connectivity index (χ0n) is 13.2. The minimum atomic E-state index is -0.314. The van der Waals surface area contributed by atoms with E-state index in [0.29, 0.717) is 19.6 Å². The predicted molar refractivity (Wildman–Crippen MR) is 85.9 cm³/mol. The highest BCUT2D eigenvalue weighted by molar-refractivity contribution is 5.96. The van der Waals surface area contributed by atoms with Crippen molar-refractivity contribution < 1.29 is 9.59 Å². The van der Waals surface area contributed by atoms with Crippen LogP contribution in [-0.2, 0) is 9.59 Å². The van der Waals surface area contributed by atoms with Crippen LogP contribution in [0.15, 0.2) is 30.6 Å². The zero-order chi connectivity index (χ0) is 15.9. The van der Waals surface area contributed by atoms with E-state index in [1.54, 1.807) is 28.3 Å². The van der Waals surface area contributed by atoms with Gasteiger partial charge in [0.05, 0.1) is 0 Å². The fourth-order valence-corrected chi connectivity index (χ4v) is 2.77. The Kier molecular flexibility index (Phi) is 5.69. The molecule has 0 aliphatic carbocycles. The summed E-state index contributed by atoms with van der Waals surface area (Å²) in [7, 11) is 0. The van der Waals surface area contributed by atoms with Crippen LogP contribution in [0.2, 0.25) is 0 Å². The first-order valence-electron chi connectivity index (χ1n) is 7.84. The van der Waals surface area contributed by atoms with Gasteiger partial charge in [0.1, 0.15) is 6.04 Å². The molecular formula is C17H23N3O2. The normalized spacial score (nSPS) is 17.9. The molecule has 118 valence electrons. The molecule has 1 aliphatic rings. The zero-order valence-corrected chi connectivity index (χ0v) is 13.2. The second-order valence-electron chi connectivity index (χ2n) is 5.32. The number of amides is 2. The monoisotopic (exact) mass is 301 g/mol. The molecule has 22 heavy (non-hydrogen) atoms. The number of likely N-dealkylation sites (N-methyl/N-ethyl adjacent to an activating group) is 1. The van der Waals surface area contributed by atoms with Crippen molar-refractivity contribution in [2.24, 2.45) is 0 Å². The van der Waals surface area contributed by atoms with Gasteiger partial charge in [-0.3, -0.25) is 14.6 Å². The lowest BCUT2D eigenvalue weighted by Gasteiger charge is -2.28. The van der Waals surface area contributed by atoms with Crippen LogP contribution in [0, 0.1) is 0 Å². The first-order chi connectivity index (χ1) is 10.7. The average molecular weight is 301 g/mol. The van der Waals surface area contributed by atoms with Gasteiger partial charge >= 0.3 is 0 Å². The highest BCUT2D eigenvalue weighted by Crippen LogP contribution is 2.20. The molecule has 2 rings (SSSR count). The third kappa shape index (κ3) is 3.72. The van der Waals surface area contributed by atoms with E-state index in [4.69, 9.17) is 0 Å². The molecule has 0 bridgehead atoms. The quantitative estimate of drug-likeness (QED) is 0.781. The summed E-state index contributed by atoms with van der Waals surface area (Å²) in [5.74, 6) is -0.0440. The lowest BCUT2D eigenvalue weighted by molar-refractivity contribution is -0.141. The maximum atomic E-state index is 12.5. The van der Waals surface area contributed by atoms with Crippen LogP contribution in [0.4, 0.5) is 0 Å². The van der Waals surface area contributed by atoms with Crippen molar-refractivity contribution in [2.75, 3.05) is 19.6 Å². The van der Waals surface area contributed by atoms with Gasteiger partial charge in [0.15, 0.2) is 0 Å². The van der Waals surface area contributed by atoms with E-state index in [2.05, 4.69) is 4.98 Å². The largest absolute Gasteiger partial charge is 0.341 e. The average Bonchev–Trinajstić information content (AvgIpc) is 3.04. The standard InChI is InChI=1S/C17H23N3O2/c1-3-19(4-2)17(22)15-8-6-12-20(15)16(21)10-9-14-7-5-11-18-13-14/h5,7,9-11,13,15H,3-4,6,8,12H2,1-2H3. The molecule has 5 heteroatoms. The van der Waals surface area contributed by atoms with E-state index in [0.717, 1.165) is 18.4 Å². The van der Waals surface area contributed by atoms with Crippen molar-refractivity contribution in [3.63, 3.8) is 0 Å². The summed E-state index contributed by atoms with van der Waals surface area (Å²) in [6, 6.07) is 3.40. The Labute approximate surface area is 131 Å². The third-order valence-electron chi connectivity index (χ3n) is 4.00. The summed E-state index contributed by atoms with van der Waals surface area (Å²) in [4.78, 5) is 32.4. The van der Waals surface area contributed by atoms with Crippen LogP contribution < -0.4 is 0 Å². The second kappa shape index (κ2) is 7.73. The number of carbonyl (C=O) groups is 2. The molecule has 0 N–H and O–H groups in total. The smallest absolute Gasteiger partial charge is 0.247 e.